The van der Waals surface area contributed by atoms with E-state index in [9.17, 15) is 0 Å². The summed E-state index contributed by atoms with van der Waals surface area (Å²) < 4.78 is 0. The molecule has 0 N–H and O–H groups in total. The number of likely N-dealkylation sites (tertiary alicyclic amines) is 1. The van der Waals surface area contributed by atoms with Crippen molar-refractivity contribution < 1.29 is 0 Å². The average Bonchev–Trinajstić information content (AvgIpc) is 2.80. The van der Waals surface area contributed by atoms with Crippen LogP contribution in [0.4, 0.5) is 0 Å². The minimum Gasteiger partial charge on any atom is -0.362 e. The Bertz CT molecular complexity index is 387. The lowest BCUT2D eigenvalue weighted by Crippen LogP contribution is -2.23. The van der Waals surface area contributed by atoms with Crippen LogP contribution in [0.15, 0.2) is 48.3 Å². The number of benzene rings is 1. The highest BCUT2D eigenvalue weighted by atomic mass is 15.2. The van der Waals surface area contributed by atoms with Crippen LogP contribution in [0.1, 0.15) is 37.8 Å². The molecule has 1 heteroatoms. The molecule has 84 valence electrons. The van der Waals surface area contributed by atoms with Crippen molar-refractivity contribution in [1.82, 2.24) is 4.90 Å². The second-order valence-electron chi connectivity index (χ2n) is 4.26. The highest BCUT2D eigenvalue weighted by Crippen LogP contribution is 2.33. The van der Waals surface area contributed by atoms with Gasteiger partial charge in [-0.2, -0.15) is 0 Å². The van der Waals surface area contributed by atoms with Gasteiger partial charge in [0.2, 0.25) is 0 Å². The maximum atomic E-state index is 3.80. The van der Waals surface area contributed by atoms with Crippen LogP contribution in [0.25, 0.3) is 0 Å². The number of hydrogen-bond acceptors (Lipinski definition) is 1. The van der Waals surface area contributed by atoms with Crippen molar-refractivity contribution in [1.29, 1.82) is 0 Å². The molecular weight excluding hydrogens is 194 g/mol. The van der Waals surface area contributed by atoms with Crippen LogP contribution in [0, 0.1) is 0 Å². The Morgan fingerprint density at radius 2 is 2.12 bits per heavy atom. The molecule has 2 rings (SSSR count). The van der Waals surface area contributed by atoms with Crippen LogP contribution in [0.2, 0.25) is 0 Å². The maximum Gasteiger partial charge on any atom is 0.0563 e. The fourth-order valence-corrected chi connectivity index (χ4v) is 2.54. The summed E-state index contributed by atoms with van der Waals surface area (Å²) in [6, 6.07) is 11.2. The highest BCUT2D eigenvalue weighted by Gasteiger charge is 2.24. The summed E-state index contributed by atoms with van der Waals surface area (Å²) in [6.07, 6.45) is 3.50. The Balaban J connectivity index is 2.26. The Labute approximate surface area is 98.1 Å². The van der Waals surface area contributed by atoms with Crippen molar-refractivity contribution in [2.24, 2.45) is 0 Å². The molecule has 1 nitrogen and oxygen atoms in total. The van der Waals surface area contributed by atoms with E-state index in [1.54, 1.807) is 0 Å². The SMILES string of the molecule is C=C=C1CCCN1[C@@H](CC)c1ccccc1. The predicted octanol–water partition coefficient (Wildman–Crippen LogP) is 3.90. The number of allylic oxidation sites excluding steroid dienone is 1. The van der Waals surface area contributed by atoms with Crippen LogP contribution in [-0.2, 0) is 0 Å². The Kier molecular flexibility index (Phi) is 3.48. The van der Waals surface area contributed by atoms with Crippen molar-refractivity contribution in [2.75, 3.05) is 6.54 Å². The van der Waals surface area contributed by atoms with E-state index in [0.29, 0.717) is 6.04 Å². The first-order valence-corrected chi connectivity index (χ1v) is 6.07. The van der Waals surface area contributed by atoms with Gasteiger partial charge < -0.3 is 4.90 Å². The largest absolute Gasteiger partial charge is 0.362 e. The monoisotopic (exact) mass is 213 g/mol. The molecule has 16 heavy (non-hydrogen) atoms. The van der Waals surface area contributed by atoms with Crippen LogP contribution >= 0.6 is 0 Å². The van der Waals surface area contributed by atoms with Crippen molar-refractivity contribution >= 4 is 0 Å². The zero-order chi connectivity index (χ0) is 11.4. The molecule has 0 unspecified atom stereocenters. The van der Waals surface area contributed by atoms with Gasteiger partial charge in [0.15, 0.2) is 0 Å². The van der Waals surface area contributed by atoms with Gasteiger partial charge in [0.1, 0.15) is 0 Å². The molecule has 0 amide bonds. The fraction of sp³-hybridized carbons (Fsp3) is 0.400. The van der Waals surface area contributed by atoms with Gasteiger partial charge in [-0.1, -0.05) is 43.8 Å². The minimum absolute atomic E-state index is 0.493. The summed E-state index contributed by atoms with van der Waals surface area (Å²) in [6.45, 7) is 7.19. The molecule has 1 aliphatic rings. The van der Waals surface area contributed by atoms with E-state index in [1.807, 2.05) is 0 Å². The Morgan fingerprint density at radius 3 is 2.75 bits per heavy atom. The van der Waals surface area contributed by atoms with E-state index >= 15 is 0 Å². The molecule has 1 fully saturated rings. The molecule has 1 aliphatic heterocycles. The van der Waals surface area contributed by atoms with Gasteiger partial charge in [-0.25, -0.2) is 0 Å². The third kappa shape index (κ3) is 2.05. The summed E-state index contributed by atoms with van der Waals surface area (Å²) in [7, 11) is 0. The quantitative estimate of drug-likeness (QED) is 0.688. The Morgan fingerprint density at radius 1 is 1.38 bits per heavy atom. The molecular formula is C15H19N. The van der Waals surface area contributed by atoms with E-state index in [4.69, 9.17) is 0 Å². The molecule has 1 heterocycles. The van der Waals surface area contributed by atoms with Crippen molar-refractivity contribution in [3.63, 3.8) is 0 Å². The van der Waals surface area contributed by atoms with Crippen molar-refractivity contribution in [2.45, 2.75) is 32.2 Å². The minimum atomic E-state index is 0.493. The van der Waals surface area contributed by atoms with E-state index < -0.39 is 0 Å². The second-order valence-corrected chi connectivity index (χ2v) is 4.26. The lowest BCUT2D eigenvalue weighted by atomic mass is 10.0. The smallest absolute Gasteiger partial charge is 0.0563 e. The molecule has 1 saturated heterocycles. The third-order valence-corrected chi connectivity index (χ3v) is 3.31. The molecule has 0 spiro atoms. The van der Waals surface area contributed by atoms with E-state index in [1.165, 1.54) is 17.7 Å². The molecule has 1 aromatic rings. The zero-order valence-corrected chi connectivity index (χ0v) is 9.95. The molecule has 0 bridgehead atoms. The van der Waals surface area contributed by atoms with E-state index in [-0.39, 0.29) is 0 Å². The summed E-state index contributed by atoms with van der Waals surface area (Å²) in [4.78, 5) is 2.46. The van der Waals surface area contributed by atoms with Gasteiger partial charge in [0, 0.05) is 6.54 Å². The standard InChI is InChI=1S/C15H19N/c1-3-14-11-8-12-16(14)15(4-2)13-9-6-5-7-10-13/h5-7,9-10,15H,1,4,8,11-12H2,2H3/t15-/m0/s1. The topological polar surface area (TPSA) is 3.24 Å². The molecule has 1 atom stereocenters. The molecule has 0 radical (unpaired) electrons. The van der Waals surface area contributed by atoms with Gasteiger partial charge in [-0.15, -0.1) is 5.73 Å². The normalized spacial score (nSPS) is 17.3. The maximum absolute atomic E-state index is 3.80. The van der Waals surface area contributed by atoms with Crippen LogP contribution in [0.5, 0.6) is 0 Å². The predicted molar refractivity (Wildman–Crippen MR) is 68.1 cm³/mol. The van der Waals surface area contributed by atoms with Crippen LogP contribution < -0.4 is 0 Å². The average molecular weight is 213 g/mol. The highest BCUT2D eigenvalue weighted by molar-refractivity contribution is 5.21. The van der Waals surface area contributed by atoms with E-state index in [0.717, 1.165) is 19.4 Å². The molecule has 0 aliphatic carbocycles. The Hall–Kier alpha value is -1.46. The number of nitrogens with zero attached hydrogens (tertiary/aromatic N) is 1. The van der Waals surface area contributed by atoms with Crippen LogP contribution in [0.3, 0.4) is 0 Å². The van der Waals surface area contributed by atoms with Gasteiger partial charge in [-0.05, 0) is 24.8 Å². The van der Waals surface area contributed by atoms with Gasteiger partial charge in [-0.3, -0.25) is 0 Å². The first-order valence-electron chi connectivity index (χ1n) is 6.07. The number of rotatable bonds is 3. The lowest BCUT2D eigenvalue weighted by molar-refractivity contribution is 0.283. The number of hydrogen-bond donors (Lipinski definition) is 0. The fourth-order valence-electron chi connectivity index (χ4n) is 2.54. The van der Waals surface area contributed by atoms with Crippen LogP contribution in [-0.4, -0.2) is 11.4 Å². The first-order chi connectivity index (χ1) is 7.86. The third-order valence-electron chi connectivity index (χ3n) is 3.31. The van der Waals surface area contributed by atoms with Gasteiger partial charge in [0.25, 0.3) is 0 Å². The van der Waals surface area contributed by atoms with E-state index in [2.05, 4.69) is 54.5 Å². The zero-order valence-electron chi connectivity index (χ0n) is 9.95. The van der Waals surface area contributed by atoms with Gasteiger partial charge in [0.05, 0.1) is 11.7 Å². The second kappa shape index (κ2) is 5.05. The summed E-state index contributed by atoms with van der Waals surface area (Å²) in [5.74, 6) is 0. The summed E-state index contributed by atoms with van der Waals surface area (Å²) >= 11 is 0. The molecule has 1 aromatic carbocycles. The summed E-state index contributed by atoms with van der Waals surface area (Å²) in [5, 5.41) is 0. The van der Waals surface area contributed by atoms with Crippen molar-refractivity contribution in [3.8, 4) is 0 Å². The molecule has 0 saturated carbocycles. The molecule has 0 aromatic heterocycles. The lowest BCUT2D eigenvalue weighted by Gasteiger charge is -2.29. The van der Waals surface area contributed by atoms with Crippen molar-refractivity contribution in [3.05, 3.63) is 53.9 Å². The van der Waals surface area contributed by atoms with Gasteiger partial charge >= 0.3 is 0 Å². The first kappa shape index (κ1) is 11.0. The summed E-state index contributed by atoms with van der Waals surface area (Å²) in [5.41, 5.74) is 5.78.